The van der Waals surface area contributed by atoms with Gasteiger partial charge in [0.05, 0.1) is 16.4 Å². The van der Waals surface area contributed by atoms with Gasteiger partial charge in [-0.1, -0.05) is 42.8 Å². The fourth-order valence-electron chi connectivity index (χ4n) is 5.52. The van der Waals surface area contributed by atoms with Crippen molar-refractivity contribution >= 4 is 35.0 Å². The zero-order valence-corrected chi connectivity index (χ0v) is 22.9. The van der Waals surface area contributed by atoms with Crippen LogP contribution in [-0.4, -0.2) is 71.7 Å². The van der Waals surface area contributed by atoms with E-state index in [1.165, 1.54) is 12.1 Å². The zero-order chi connectivity index (χ0) is 27.3. The molecule has 1 saturated heterocycles. The van der Waals surface area contributed by atoms with Crippen LogP contribution in [0, 0.1) is 12.7 Å². The minimum atomic E-state index is -1.51. The van der Waals surface area contributed by atoms with Crippen LogP contribution in [0.5, 0.6) is 0 Å². The predicted molar refractivity (Wildman–Crippen MR) is 144 cm³/mol. The molecule has 4 N–H and O–H groups in total. The summed E-state index contributed by atoms with van der Waals surface area (Å²) in [5.41, 5.74) is 0.370. The van der Waals surface area contributed by atoms with E-state index >= 15 is 0 Å². The van der Waals surface area contributed by atoms with Crippen molar-refractivity contribution in [2.75, 3.05) is 11.5 Å². The first-order valence-electron chi connectivity index (χ1n) is 13.0. The summed E-state index contributed by atoms with van der Waals surface area (Å²) in [7, 11) is 0. The molecule has 6 rings (SSSR count). The predicted octanol–water partition coefficient (Wildman–Crippen LogP) is 3.98. The summed E-state index contributed by atoms with van der Waals surface area (Å²) in [6, 6.07) is 10.1. The molecule has 3 aromatic rings. The van der Waals surface area contributed by atoms with Crippen LogP contribution >= 0.6 is 23.5 Å². The molecular weight excluding hydrogens is 545 g/mol. The number of fused-ring (bicyclic) bond motifs is 1. The van der Waals surface area contributed by atoms with Crippen molar-refractivity contribution in [3.63, 3.8) is 0 Å². The minimum absolute atomic E-state index is 0.266. The summed E-state index contributed by atoms with van der Waals surface area (Å²) < 4.78 is 25.6. The number of aliphatic hydroxyl groups is 4. The number of aromatic nitrogens is 2. The van der Waals surface area contributed by atoms with Crippen LogP contribution in [0.15, 0.2) is 50.9 Å². The number of hydrogen-bond donors (Lipinski definition) is 4. The second kappa shape index (κ2) is 10.7. The lowest BCUT2D eigenvalue weighted by Gasteiger charge is -2.41. The number of thioether (sulfide) groups is 2. The summed E-state index contributed by atoms with van der Waals surface area (Å²) in [6.45, 7) is 1.33. The highest BCUT2D eigenvalue weighted by molar-refractivity contribution is 8.01. The van der Waals surface area contributed by atoms with Crippen molar-refractivity contribution in [1.29, 1.82) is 0 Å². The molecule has 12 heteroatoms. The Morgan fingerprint density at radius 3 is 2.44 bits per heavy atom. The summed E-state index contributed by atoms with van der Waals surface area (Å²) >= 11 is 2.71. The maximum absolute atomic E-state index is 13.9. The van der Waals surface area contributed by atoms with Gasteiger partial charge < -0.3 is 34.5 Å². The molecule has 1 aliphatic carbocycles. The van der Waals surface area contributed by atoms with Crippen molar-refractivity contribution in [3.05, 3.63) is 48.0 Å². The number of rotatable bonds is 5. The number of ether oxygens (including phenoxy) is 1. The van der Waals surface area contributed by atoms with Gasteiger partial charge in [0.2, 0.25) is 0 Å². The Labute approximate surface area is 233 Å². The molecule has 5 atom stereocenters. The fraction of sp³-hybridized carbons (Fsp3) is 0.481. The molecule has 1 saturated carbocycles. The van der Waals surface area contributed by atoms with Crippen molar-refractivity contribution in [3.8, 4) is 11.5 Å². The molecule has 2 aromatic heterocycles. The molecule has 2 aliphatic heterocycles. The van der Waals surface area contributed by atoms with Crippen molar-refractivity contribution in [2.45, 2.75) is 83.8 Å². The van der Waals surface area contributed by atoms with Gasteiger partial charge in [0.25, 0.3) is 0 Å². The first-order chi connectivity index (χ1) is 18.8. The Morgan fingerprint density at radius 1 is 1.03 bits per heavy atom. The van der Waals surface area contributed by atoms with Crippen molar-refractivity contribution in [2.24, 2.45) is 0 Å². The molecule has 39 heavy (non-hydrogen) atoms. The number of anilines is 2. The number of furan rings is 1. The molecule has 1 spiro atoms. The molecule has 2 fully saturated rings. The zero-order valence-electron chi connectivity index (χ0n) is 21.2. The molecule has 0 radical (unpaired) electrons. The Kier molecular flexibility index (Phi) is 7.38. The lowest BCUT2D eigenvalue weighted by atomic mass is 9.93. The van der Waals surface area contributed by atoms with Gasteiger partial charge in [0.15, 0.2) is 16.7 Å². The SMILES string of the molecule is Cc1ccc(-c2nc(SC3O[C@H](CO)[C@@H](O)[C@H](O)[C@H]3O)nc3c2SC2(CCCCC2)N3c2ccc(F)cc2)o1. The Hall–Kier alpha value is -2.19. The van der Waals surface area contributed by atoms with Gasteiger partial charge in [0.1, 0.15) is 47.1 Å². The number of nitrogens with zero attached hydrogens (tertiary/aromatic N) is 3. The third kappa shape index (κ3) is 4.86. The van der Waals surface area contributed by atoms with E-state index in [1.54, 1.807) is 23.9 Å². The monoisotopic (exact) mass is 575 g/mol. The van der Waals surface area contributed by atoms with E-state index in [2.05, 4.69) is 4.90 Å². The van der Waals surface area contributed by atoms with Gasteiger partial charge in [-0.25, -0.2) is 14.4 Å². The second-order valence-electron chi connectivity index (χ2n) is 10.2. The summed E-state index contributed by atoms with van der Waals surface area (Å²) in [4.78, 5) is 12.5. The standard InChI is InChI=1S/C27H30FN3O6S2/c1-14-5-10-17(36-14)19-23-24(30-26(29-19)38-25-22(35)21(34)20(33)18(13-32)37-25)31(16-8-6-15(28)7-9-16)27(39-23)11-3-2-4-12-27/h5-10,18,20-22,25,32-35H,2-4,11-13H2,1H3/t18-,20-,21+,22-,25?/m1/s1. The van der Waals surface area contributed by atoms with E-state index in [9.17, 15) is 24.8 Å². The van der Waals surface area contributed by atoms with E-state index in [4.69, 9.17) is 19.1 Å². The Morgan fingerprint density at radius 2 is 1.77 bits per heavy atom. The van der Waals surface area contributed by atoms with Crippen LogP contribution in [0.3, 0.4) is 0 Å². The normalized spacial score (nSPS) is 28.2. The number of hydrogen-bond acceptors (Lipinski definition) is 11. The van der Waals surface area contributed by atoms with Crippen LogP contribution in [-0.2, 0) is 4.74 Å². The molecule has 4 heterocycles. The highest BCUT2D eigenvalue weighted by Crippen LogP contribution is 2.60. The van der Waals surface area contributed by atoms with Gasteiger partial charge in [-0.2, -0.15) is 0 Å². The number of aliphatic hydroxyl groups excluding tert-OH is 4. The van der Waals surface area contributed by atoms with Gasteiger partial charge in [-0.3, -0.25) is 0 Å². The summed E-state index contributed by atoms with van der Waals surface area (Å²) in [5, 5.41) is 41.1. The second-order valence-corrected chi connectivity index (χ2v) is 12.6. The van der Waals surface area contributed by atoms with Gasteiger partial charge in [-0.15, -0.1) is 0 Å². The van der Waals surface area contributed by atoms with Crippen LogP contribution < -0.4 is 4.90 Å². The molecule has 0 bridgehead atoms. The van der Waals surface area contributed by atoms with Crippen molar-refractivity contribution < 1.29 is 34.0 Å². The van der Waals surface area contributed by atoms with Gasteiger partial charge in [-0.05, 0) is 56.2 Å². The molecule has 208 valence electrons. The number of benzene rings is 1. The highest BCUT2D eigenvalue weighted by atomic mass is 32.2. The van der Waals surface area contributed by atoms with E-state index in [0.29, 0.717) is 17.3 Å². The first-order valence-corrected chi connectivity index (χ1v) is 14.7. The Bertz CT molecular complexity index is 1330. The average Bonchev–Trinajstić information content (AvgIpc) is 3.50. The maximum atomic E-state index is 13.9. The molecule has 1 aromatic carbocycles. The molecular formula is C27H30FN3O6S2. The van der Waals surface area contributed by atoms with Gasteiger partial charge >= 0.3 is 0 Å². The highest BCUT2D eigenvalue weighted by Gasteiger charge is 2.50. The first kappa shape index (κ1) is 27.0. The molecule has 9 nitrogen and oxygen atoms in total. The largest absolute Gasteiger partial charge is 0.460 e. The van der Waals surface area contributed by atoms with Crippen molar-refractivity contribution in [1.82, 2.24) is 9.97 Å². The fourth-order valence-corrected chi connectivity index (χ4v) is 8.14. The molecule has 3 aliphatic rings. The lowest BCUT2D eigenvalue weighted by Crippen LogP contribution is -2.57. The Balaban J connectivity index is 1.47. The molecule has 0 amide bonds. The quantitative estimate of drug-likeness (QED) is 0.329. The van der Waals surface area contributed by atoms with E-state index < -0.39 is 36.5 Å². The third-order valence-corrected chi connectivity index (χ3v) is 10.1. The van der Waals surface area contributed by atoms with E-state index in [0.717, 1.165) is 60.2 Å². The van der Waals surface area contributed by atoms with Crippen LogP contribution in [0.25, 0.3) is 11.5 Å². The van der Waals surface area contributed by atoms with Crippen LogP contribution in [0.2, 0.25) is 0 Å². The summed E-state index contributed by atoms with van der Waals surface area (Å²) in [6.07, 6.45) is -0.377. The maximum Gasteiger partial charge on any atom is 0.192 e. The third-order valence-electron chi connectivity index (χ3n) is 7.50. The average molecular weight is 576 g/mol. The number of aryl methyl sites for hydroxylation is 1. The topological polar surface area (TPSA) is 132 Å². The molecule has 1 unspecified atom stereocenters. The minimum Gasteiger partial charge on any atom is -0.460 e. The number of halogens is 1. The van der Waals surface area contributed by atoms with E-state index in [-0.39, 0.29) is 15.8 Å². The van der Waals surface area contributed by atoms with Crippen LogP contribution in [0.4, 0.5) is 15.9 Å². The van der Waals surface area contributed by atoms with E-state index in [1.807, 2.05) is 19.1 Å². The lowest BCUT2D eigenvalue weighted by molar-refractivity contribution is -0.205. The summed E-state index contributed by atoms with van der Waals surface area (Å²) in [5.74, 6) is 1.63. The smallest absolute Gasteiger partial charge is 0.192 e. The van der Waals surface area contributed by atoms with Crippen LogP contribution in [0.1, 0.15) is 37.9 Å². The van der Waals surface area contributed by atoms with Gasteiger partial charge in [0, 0.05) is 5.69 Å².